The molecule has 0 radical (unpaired) electrons. The summed E-state index contributed by atoms with van der Waals surface area (Å²) in [5.74, 6) is 0. The Labute approximate surface area is 51.6 Å². The van der Waals surface area contributed by atoms with Crippen LogP contribution in [-0.4, -0.2) is 0 Å². The second kappa shape index (κ2) is 1.93. The van der Waals surface area contributed by atoms with E-state index in [2.05, 4.69) is 26.0 Å². The Bertz CT molecular complexity index is 98.6. The molecule has 0 aromatic heterocycles. The van der Waals surface area contributed by atoms with E-state index in [-0.39, 0.29) is 0 Å². The molecule has 0 heterocycles. The number of allylic oxidation sites excluding steroid dienone is 2. The second-order valence-corrected chi connectivity index (χ2v) is 3.38. The van der Waals surface area contributed by atoms with Gasteiger partial charge in [0.05, 0.1) is 0 Å². The van der Waals surface area contributed by atoms with Crippen LogP contribution in [0.5, 0.6) is 0 Å². The summed E-state index contributed by atoms with van der Waals surface area (Å²) in [5, 5.41) is 0. The molecule has 0 N–H and O–H groups in total. The first-order chi connectivity index (χ1) is 3.71. The van der Waals surface area contributed by atoms with Gasteiger partial charge in [-0.15, -0.1) is 0 Å². The smallest absolute Gasteiger partial charge is 0.0299 e. The van der Waals surface area contributed by atoms with Crippen LogP contribution in [-0.2, 0) is 0 Å². The summed E-state index contributed by atoms with van der Waals surface area (Å²) in [5.41, 5.74) is 0.592. The molecular formula is C8H14. The molecule has 1 rings (SSSR count). The Kier molecular flexibility index (Phi) is 1.41. The van der Waals surface area contributed by atoms with Gasteiger partial charge in [0.15, 0.2) is 0 Å². The van der Waals surface area contributed by atoms with Crippen molar-refractivity contribution in [2.24, 2.45) is 5.41 Å². The van der Waals surface area contributed by atoms with Gasteiger partial charge >= 0.3 is 0 Å². The summed E-state index contributed by atoms with van der Waals surface area (Å²) >= 11 is 0. The van der Waals surface area contributed by atoms with E-state index in [1.54, 1.807) is 0 Å². The summed E-state index contributed by atoms with van der Waals surface area (Å²) in [6.45, 7) is 4.66. The lowest BCUT2D eigenvalue weighted by molar-refractivity contribution is 0.331. The van der Waals surface area contributed by atoms with Gasteiger partial charge in [0, 0.05) is 0 Å². The Morgan fingerprint density at radius 3 is 2.25 bits per heavy atom. The third kappa shape index (κ3) is 1.36. The lowest BCUT2D eigenvalue weighted by atomic mass is 9.81. The third-order valence-electron chi connectivity index (χ3n) is 1.82. The van der Waals surface area contributed by atoms with Crippen LogP contribution < -0.4 is 0 Å². The molecule has 8 heavy (non-hydrogen) atoms. The minimum absolute atomic E-state index is 0.592. The molecule has 0 spiro atoms. The van der Waals surface area contributed by atoms with Crippen LogP contribution >= 0.6 is 0 Å². The summed E-state index contributed by atoms with van der Waals surface area (Å²) < 4.78 is 0. The summed E-state index contributed by atoms with van der Waals surface area (Å²) in [6, 6.07) is 0. The normalized spacial score (nSPS) is 25.8. The lowest BCUT2D eigenvalue weighted by Crippen LogP contribution is -2.11. The predicted octanol–water partition coefficient (Wildman–Crippen LogP) is 2.75. The molecule has 0 amide bonds. The van der Waals surface area contributed by atoms with E-state index >= 15 is 0 Å². The van der Waals surface area contributed by atoms with Crippen molar-refractivity contribution in [2.45, 2.75) is 33.1 Å². The highest BCUT2D eigenvalue weighted by atomic mass is 14.2. The largest absolute Gasteiger partial charge is 0.0885 e. The van der Waals surface area contributed by atoms with Crippen LogP contribution in [0, 0.1) is 5.41 Å². The maximum atomic E-state index is 2.33. The van der Waals surface area contributed by atoms with Crippen molar-refractivity contribution in [1.82, 2.24) is 0 Å². The fourth-order valence-corrected chi connectivity index (χ4v) is 1.10. The van der Waals surface area contributed by atoms with Crippen LogP contribution in [0.25, 0.3) is 0 Å². The highest BCUT2D eigenvalue weighted by Crippen LogP contribution is 2.30. The molecule has 46 valence electrons. The van der Waals surface area contributed by atoms with Crippen LogP contribution in [0.15, 0.2) is 12.2 Å². The SMILES string of the molecule is CC1(C)CC=CCC1. The highest BCUT2D eigenvalue weighted by Gasteiger charge is 2.16. The molecule has 1 aliphatic carbocycles. The fraction of sp³-hybridized carbons (Fsp3) is 0.750. The minimum Gasteiger partial charge on any atom is -0.0885 e. The van der Waals surface area contributed by atoms with Gasteiger partial charge in [-0.1, -0.05) is 26.0 Å². The fourth-order valence-electron chi connectivity index (χ4n) is 1.10. The standard InChI is InChI=1S/C8H14/c1-8(2)6-4-3-5-7-8/h3-4H,5-7H2,1-2H3. The van der Waals surface area contributed by atoms with Gasteiger partial charge in [-0.3, -0.25) is 0 Å². The summed E-state index contributed by atoms with van der Waals surface area (Å²) in [7, 11) is 0. The van der Waals surface area contributed by atoms with Crippen molar-refractivity contribution in [1.29, 1.82) is 0 Å². The molecule has 0 fully saturated rings. The number of hydrogen-bond donors (Lipinski definition) is 0. The quantitative estimate of drug-likeness (QED) is 0.420. The van der Waals surface area contributed by atoms with Gasteiger partial charge in [-0.05, 0) is 24.7 Å². The number of hydrogen-bond acceptors (Lipinski definition) is 0. The van der Waals surface area contributed by atoms with Gasteiger partial charge in [-0.25, -0.2) is 0 Å². The maximum Gasteiger partial charge on any atom is -0.0299 e. The molecule has 0 aliphatic heterocycles. The maximum absolute atomic E-state index is 2.33. The first-order valence-electron chi connectivity index (χ1n) is 3.36. The molecule has 0 aromatic rings. The summed E-state index contributed by atoms with van der Waals surface area (Å²) in [4.78, 5) is 0. The van der Waals surface area contributed by atoms with E-state index < -0.39 is 0 Å². The topological polar surface area (TPSA) is 0 Å². The van der Waals surface area contributed by atoms with E-state index in [4.69, 9.17) is 0 Å². The number of rotatable bonds is 0. The molecule has 0 saturated heterocycles. The van der Waals surface area contributed by atoms with Gasteiger partial charge in [0.25, 0.3) is 0 Å². The van der Waals surface area contributed by atoms with E-state index in [1.807, 2.05) is 0 Å². The van der Waals surface area contributed by atoms with Crippen molar-refractivity contribution in [3.8, 4) is 0 Å². The van der Waals surface area contributed by atoms with Gasteiger partial charge in [-0.2, -0.15) is 0 Å². The molecule has 0 atom stereocenters. The molecule has 0 unspecified atom stereocenters. The van der Waals surface area contributed by atoms with Gasteiger partial charge in [0.1, 0.15) is 0 Å². The average molecular weight is 110 g/mol. The molecular weight excluding hydrogens is 96.1 g/mol. The Hall–Kier alpha value is -0.260. The van der Waals surface area contributed by atoms with Crippen molar-refractivity contribution in [3.05, 3.63) is 12.2 Å². The Morgan fingerprint density at radius 2 is 2.00 bits per heavy atom. The first kappa shape index (κ1) is 5.87. The first-order valence-corrected chi connectivity index (χ1v) is 3.36. The van der Waals surface area contributed by atoms with Crippen molar-refractivity contribution in [3.63, 3.8) is 0 Å². The summed E-state index contributed by atoms with van der Waals surface area (Å²) in [6.07, 6.45) is 8.50. The van der Waals surface area contributed by atoms with Crippen LogP contribution in [0.2, 0.25) is 0 Å². The Morgan fingerprint density at radius 1 is 1.25 bits per heavy atom. The van der Waals surface area contributed by atoms with E-state index in [1.165, 1.54) is 19.3 Å². The van der Waals surface area contributed by atoms with E-state index in [0.717, 1.165) is 0 Å². The highest BCUT2D eigenvalue weighted by molar-refractivity contribution is 4.93. The third-order valence-corrected chi connectivity index (χ3v) is 1.82. The molecule has 0 aromatic carbocycles. The molecule has 0 heteroatoms. The molecule has 1 aliphatic rings. The van der Waals surface area contributed by atoms with Crippen LogP contribution in [0.4, 0.5) is 0 Å². The van der Waals surface area contributed by atoms with Gasteiger partial charge in [0.2, 0.25) is 0 Å². The average Bonchev–Trinajstić information content (AvgIpc) is 1.65. The molecule has 0 nitrogen and oxygen atoms in total. The van der Waals surface area contributed by atoms with E-state index in [0.29, 0.717) is 5.41 Å². The zero-order valence-electron chi connectivity index (χ0n) is 5.78. The lowest BCUT2D eigenvalue weighted by Gasteiger charge is -2.24. The minimum atomic E-state index is 0.592. The van der Waals surface area contributed by atoms with Crippen molar-refractivity contribution in [2.75, 3.05) is 0 Å². The van der Waals surface area contributed by atoms with Crippen molar-refractivity contribution < 1.29 is 0 Å². The van der Waals surface area contributed by atoms with Gasteiger partial charge < -0.3 is 0 Å². The van der Waals surface area contributed by atoms with Crippen LogP contribution in [0.3, 0.4) is 0 Å². The Balaban J connectivity index is 2.50. The predicted molar refractivity (Wildman–Crippen MR) is 36.8 cm³/mol. The molecule has 0 saturated carbocycles. The van der Waals surface area contributed by atoms with E-state index in [9.17, 15) is 0 Å². The second-order valence-electron chi connectivity index (χ2n) is 3.38. The monoisotopic (exact) mass is 110 g/mol. The zero-order valence-corrected chi connectivity index (χ0v) is 5.78. The zero-order chi connectivity index (χ0) is 6.04. The van der Waals surface area contributed by atoms with Crippen LogP contribution in [0.1, 0.15) is 33.1 Å². The molecule has 0 bridgehead atoms. The van der Waals surface area contributed by atoms with Crippen molar-refractivity contribution >= 4 is 0 Å².